The summed E-state index contributed by atoms with van der Waals surface area (Å²) in [7, 11) is 0. The van der Waals surface area contributed by atoms with Crippen molar-refractivity contribution in [3.8, 4) is 11.3 Å². The van der Waals surface area contributed by atoms with Gasteiger partial charge in [0.25, 0.3) is 0 Å². The van der Waals surface area contributed by atoms with Crippen molar-refractivity contribution in [3.05, 3.63) is 54.1 Å². The molecular formula is C20H18N4O2. The molecule has 2 N–H and O–H groups in total. The molecule has 0 aliphatic carbocycles. The number of rotatable bonds is 3. The predicted octanol–water partition coefficient (Wildman–Crippen LogP) is 2.57. The molecule has 2 heterocycles. The molecule has 1 saturated heterocycles. The number of nitrogens with two attached hydrogens (primary N) is 1. The van der Waals surface area contributed by atoms with Crippen molar-refractivity contribution in [3.63, 3.8) is 0 Å². The van der Waals surface area contributed by atoms with Crippen molar-refractivity contribution in [1.82, 2.24) is 9.97 Å². The number of nitrogens with zero attached hydrogens (tertiary/aromatic N) is 3. The number of piperidine rings is 1. The topological polar surface area (TPSA) is 89.2 Å². The van der Waals surface area contributed by atoms with Crippen LogP contribution in [0.4, 0.5) is 5.82 Å². The molecule has 2 aromatic carbocycles. The second-order valence-corrected chi connectivity index (χ2v) is 6.36. The average molecular weight is 346 g/mol. The summed E-state index contributed by atoms with van der Waals surface area (Å²) in [6.45, 7) is 1.27. The van der Waals surface area contributed by atoms with Gasteiger partial charge in [-0.2, -0.15) is 0 Å². The fourth-order valence-corrected chi connectivity index (χ4v) is 3.18. The van der Waals surface area contributed by atoms with E-state index in [9.17, 15) is 9.59 Å². The first kappa shape index (κ1) is 16.2. The zero-order valence-electron chi connectivity index (χ0n) is 14.2. The SMILES string of the molecule is NC(=O)c1ccc2nc(N3CCC(=O)CC3)c(-c3ccccc3)nc2c1. The van der Waals surface area contributed by atoms with Crippen LogP contribution in [0.15, 0.2) is 48.5 Å². The molecule has 3 aromatic rings. The van der Waals surface area contributed by atoms with Gasteiger partial charge in [0.1, 0.15) is 11.5 Å². The fraction of sp³-hybridized carbons (Fsp3) is 0.200. The summed E-state index contributed by atoms with van der Waals surface area (Å²) in [6, 6.07) is 14.9. The van der Waals surface area contributed by atoms with Crippen molar-refractivity contribution in [2.24, 2.45) is 5.73 Å². The molecule has 0 unspecified atom stereocenters. The minimum atomic E-state index is -0.492. The van der Waals surface area contributed by atoms with Gasteiger partial charge < -0.3 is 10.6 Å². The lowest BCUT2D eigenvalue weighted by molar-refractivity contribution is -0.119. The Balaban J connectivity index is 1.89. The van der Waals surface area contributed by atoms with E-state index in [-0.39, 0.29) is 5.78 Å². The van der Waals surface area contributed by atoms with Crippen LogP contribution >= 0.6 is 0 Å². The Morgan fingerprint density at radius 1 is 0.962 bits per heavy atom. The molecule has 0 radical (unpaired) electrons. The third-order valence-electron chi connectivity index (χ3n) is 4.60. The molecular weight excluding hydrogens is 328 g/mol. The maximum Gasteiger partial charge on any atom is 0.248 e. The number of ketones is 1. The first-order valence-electron chi connectivity index (χ1n) is 8.55. The number of fused-ring (bicyclic) bond motifs is 1. The Bertz CT molecular complexity index is 991. The number of hydrogen-bond donors (Lipinski definition) is 1. The number of primary amides is 1. The molecule has 4 rings (SSSR count). The number of anilines is 1. The monoisotopic (exact) mass is 346 g/mol. The van der Waals surface area contributed by atoms with Gasteiger partial charge in [-0.3, -0.25) is 9.59 Å². The van der Waals surface area contributed by atoms with Crippen LogP contribution in [-0.2, 0) is 4.79 Å². The highest BCUT2D eigenvalue weighted by Crippen LogP contribution is 2.31. The summed E-state index contributed by atoms with van der Waals surface area (Å²) < 4.78 is 0. The molecule has 0 bridgehead atoms. The second-order valence-electron chi connectivity index (χ2n) is 6.36. The highest BCUT2D eigenvalue weighted by Gasteiger charge is 2.22. The van der Waals surface area contributed by atoms with Gasteiger partial charge in [0, 0.05) is 37.1 Å². The van der Waals surface area contributed by atoms with Gasteiger partial charge in [0.2, 0.25) is 5.91 Å². The number of Topliss-reactive ketones (excluding diaryl/α,β-unsaturated/α-hetero) is 1. The van der Waals surface area contributed by atoms with Crippen LogP contribution in [0.1, 0.15) is 23.2 Å². The van der Waals surface area contributed by atoms with Crippen LogP contribution in [0.2, 0.25) is 0 Å². The van der Waals surface area contributed by atoms with Crippen LogP contribution < -0.4 is 10.6 Å². The second kappa shape index (κ2) is 6.55. The quantitative estimate of drug-likeness (QED) is 0.787. The zero-order chi connectivity index (χ0) is 18.1. The van der Waals surface area contributed by atoms with Crippen LogP contribution in [0.5, 0.6) is 0 Å². The van der Waals surface area contributed by atoms with Crippen LogP contribution in [0.25, 0.3) is 22.3 Å². The normalized spacial score (nSPS) is 14.6. The molecule has 1 aliphatic heterocycles. The van der Waals surface area contributed by atoms with Gasteiger partial charge >= 0.3 is 0 Å². The minimum absolute atomic E-state index is 0.280. The van der Waals surface area contributed by atoms with Gasteiger partial charge in [-0.1, -0.05) is 30.3 Å². The van der Waals surface area contributed by atoms with E-state index in [1.807, 2.05) is 30.3 Å². The minimum Gasteiger partial charge on any atom is -0.366 e. The van der Waals surface area contributed by atoms with Gasteiger partial charge in [0.15, 0.2) is 5.82 Å². The highest BCUT2D eigenvalue weighted by atomic mass is 16.1. The molecule has 6 heteroatoms. The summed E-state index contributed by atoms with van der Waals surface area (Å²) >= 11 is 0. The first-order valence-corrected chi connectivity index (χ1v) is 8.55. The average Bonchev–Trinajstić information content (AvgIpc) is 2.68. The molecule has 0 spiro atoms. The van der Waals surface area contributed by atoms with E-state index in [1.165, 1.54) is 0 Å². The van der Waals surface area contributed by atoms with Crippen molar-refractivity contribution >= 4 is 28.5 Å². The van der Waals surface area contributed by atoms with Gasteiger partial charge in [0.05, 0.1) is 11.0 Å². The molecule has 1 aliphatic rings. The molecule has 1 amide bonds. The van der Waals surface area contributed by atoms with Gasteiger partial charge in [-0.25, -0.2) is 9.97 Å². The predicted molar refractivity (Wildman–Crippen MR) is 99.9 cm³/mol. The lowest BCUT2D eigenvalue weighted by Gasteiger charge is -2.28. The summed E-state index contributed by atoms with van der Waals surface area (Å²) in [5.41, 5.74) is 8.80. The molecule has 1 fully saturated rings. The van der Waals surface area contributed by atoms with E-state index < -0.39 is 5.91 Å². The van der Waals surface area contributed by atoms with Crippen LogP contribution in [0.3, 0.4) is 0 Å². The number of amides is 1. The number of carbonyl (C=O) groups is 2. The van der Waals surface area contributed by atoms with Crippen LogP contribution in [-0.4, -0.2) is 34.7 Å². The summed E-state index contributed by atoms with van der Waals surface area (Å²) in [4.78, 5) is 34.8. The van der Waals surface area contributed by atoms with Crippen molar-refractivity contribution in [2.75, 3.05) is 18.0 Å². The van der Waals surface area contributed by atoms with Crippen molar-refractivity contribution < 1.29 is 9.59 Å². The lowest BCUT2D eigenvalue weighted by atomic mass is 10.1. The van der Waals surface area contributed by atoms with Crippen molar-refractivity contribution in [2.45, 2.75) is 12.8 Å². The molecule has 6 nitrogen and oxygen atoms in total. The Labute approximate surface area is 150 Å². The van der Waals surface area contributed by atoms with Gasteiger partial charge in [-0.15, -0.1) is 0 Å². The third kappa shape index (κ3) is 3.01. The first-order chi connectivity index (χ1) is 12.6. The molecule has 0 atom stereocenters. The summed E-state index contributed by atoms with van der Waals surface area (Å²) in [5, 5.41) is 0. The Kier molecular flexibility index (Phi) is 4.08. The largest absolute Gasteiger partial charge is 0.366 e. The zero-order valence-corrected chi connectivity index (χ0v) is 14.2. The van der Waals surface area contributed by atoms with E-state index in [2.05, 4.69) is 4.90 Å². The van der Waals surface area contributed by atoms with E-state index in [0.717, 1.165) is 17.1 Å². The fourth-order valence-electron chi connectivity index (χ4n) is 3.18. The molecule has 130 valence electrons. The standard InChI is InChI=1S/C20H18N4O2/c21-19(26)14-6-7-16-17(12-14)22-18(13-4-2-1-3-5-13)20(23-16)24-10-8-15(25)9-11-24/h1-7,12H,8-11H2,(H2,21,26). The number of benzene rings is 2. The van der Waals surface area contributed by atoms with Crippen molar-refractivity contribution in [1.29, 1.82) is 0 Å². The highest BCUT2D eigenvalue weighted by molar-refractivity contribution is 5.97. The Hall–Kier alpha value is -3.28. The smallest absolute Gasteiger partial charge is 0.248 e. The summed E-state index contributed by atoms with van der Waals surface area (Å²) in [5.74, 6) is 0.555. The number of carbonyl (C=O) groups excluding carboxylic acids is 2. The molecule has 0 saturated carbocycles. The maximum atomic E-state index is 11.6. The number of hydrogen-bond acceptors (Lipinski definition) is 5. The maximum absolute atomic E-state index is 11.6. The van der Waals surface area contributed by atoms with E-state index >= 15 is 0 Å². The van der Waals surface area contributed by atoms with Gasteiger partial charge in [-0.05, 0) is 18.2 Å². The number of aromatic nitrogens is 2. The van der Waals surface area contributed by atoms with E-state index in [0.29, 0.717) is 42.5 Å². The summed E-state index contributed by atoms with van der Waals surface area (Å²) in [6.07, 6.45) is 1.04. The molecule has 1 aromatic heterocycles. The van der Waals surface area contributed by atoms with Crippen LogP contribution in [0, 0.1) is 0 Å². The Morgan fingerprint density at radius 2 is 1.69 bits per heavy atom. The third-order valence-corrected chi connectivity index (χ3v) is 4.60. The van der Waals surface area contributed by atoms with E-state index in [1.54, 1.807) is 18.2 Å². The Morgan fingerprint density at radius 3 is 2.38 bits per heavy atom. The molecule has 26 heavy (non-hydrogen) atoms. The lowest BCUT2D eigenvalue weighted by Crippen LogP contribution is -2.34. The van der Waals surface area contributed by atoms with E-state index in [4.69, 9.17) is 15.7 Å².